The zero-order chi connectivity index (χ0) is 36.3. The molecule has 0 fully saturated rings. The van der Waals surface area contributed by atoms with E-state index >= 15 is 0 Å². The number of hydrogen-bond donors (Lipinski definition) is 0. The second-order valence-electron chi connectivity index (χ2n) is 13.8. The normalized spacial score (nSPS) is 11.6. The molecular formula is C50H30N4O. The van der Waals surface area contributed by atoms with Crippen LogP contribution < -0.4 is 0 Å². The molecule has 0 radical (unpaired) electrons. The topological polar surface area (TPSA) is 64.7 Å². The third kappa shape index (κ3) is 5.24. The maximum Gasteiger partial charge on any atom is 0.164 e. The first kappa shape index (κ1) is 31.1. The lowest BCUT2D eigenvalue weighted by atomic mass is 9.89. The average Bonchev–Trinajstić information content (AvgIpc) is 3.64. The molecule has 0 N–H and O–H groups in total. The van der Waals surface area contributed by atoms with Gasteiger partial charge in [-0.2, -0.15) is 0 Å². The van der Waals surface area contributed by atoms with Crippen LogP contribution in [0.2, 0.25) is 0 Å². The second-order valence-corrected chi connectivity index (χ2v) is 13.8. The van der Waals surface area contributed by atoms with Crippen LogP contribution in [-0.2, 0) is 0 Å². The van der Waals surface area contributed by atoms with E-state index in [2.05, 4.69) is 140 Å². The molecule has 0 saturated heterocycles. The summed E-state index contributed by atoms with van der Waals surface area (Å²) in [5.41, 5.74) is 9.55. The van der Waals surface area contributed by atoms with E-state index in [1.165, 1.54) is 5.39 Å². The van der Waals surface area contributed by atoms with E-state index < -0.39 is 0 Å². The molecule has 0 saturated carbocycles. The van der Waals surface area contributed by atoms with Crippen molar-refractivity contribution >= 4 is 54.4 Å². The lowest BCUT2D eigenvalue weighted by Crippen LogP contribution is -2.00. The van der Waals surface area contributed by atoms with Gasteiger partial charge >= 0.3 is 0 Å². The second kappa shape index (κ2) is 12.6. The van der Waals surface area contributed by atoms with Crippen molar-refractivity contribution in [2.45, 2.75) is 0 Å². The fourth-order valence-electron chi connectivity index (χ4n) is 7.89. The fraction of sp³-hybridized carbons (Fsp3) is 0. The standard InChI is InChI=1S/C50H30N4O/c1-3-14-32(15-4-1)44-45-38-19-9-11-21-41(38)51-47(40(45)30-43-46(44)39-20-10-12-22-42(39)55-43)33-24-26-35(27-25-33)49-52-48(34-16-5-2-6-17-34)53-50(54-49)37-28-23-31-13-7-8-18-36(31)29-37/h1-30H. The van der Waals surface area contributed by atoms with E-state index in [4.69, 9.17) is 24.4 Å². The first-order valence-corrected chi connectivity index (χ1v) is 18.4. The minimum atomic E-state index is 0.607. The van der Waals surface area contributed by atoms with Gasteiger partial charge in [0.2, 0.25) is 0 Å². The molecule has 55 heavy (non-hydrogen) atoms. The molecule has 11 rings (SSSR count). The van der Waals surface area contributed by atoms with Gasteiger partial charge in [-0.15, -0.1) is 0 Å². The van der Waals surface area contributed by atoms with E-state index in [1.807, 2.05) is 42.5 Å². The summed E-state index contributed by atoms with van der Waals surface area (Å²) in [5, 5.41) is 7.80. The third-order valence-corrected chi connectivity index (χ3v) is 10.5. The van der Waals surface area contributed by atoms with Crippen LogP contribution in [0.5, 0.6) is 0 Å². The SMILES string of the molecule is c1ccc(-c2nc(-c3ccc(-c4nc5ccccc5c5c(-c6ccccc6)c6c(cc45)oc4ccccc46)cc3)nc(-c3ccc4ccccc4c3)n2)cc1. The van der Waals surface area contributed by atoms with Gasteiger partial charge in [-0.05, 0) is 40.6 Å². The van der Waals surface area contributed by atoms with Crippen molar-refractivity contribution in [3.05, 3.63) is 182 Å². The molecule has 3 heterocycles. The number of furan rings is 1. The number of pyridine rings is 1. The average molecular weight is 703 g/mol. The fourth-order valence-corrected chi connectivity index (χ4v) is 7.89. The van der Waals surface area contributed by atoms with E-state index in [1.54, 1.807) is 0 Å². The molecule has 3 aromatic heterocycles. The monoisotopic (exact) mass is 702 g/mol. The molecule has 256 valence electrons. The minimum absolute atomic E-state index is 0.607. The highest BCUT2D eigenvalue weighted by Crippen LogP contribution is 2.46. The lowest BCUT2D eigenvalue weighted by Gasteiger charge is -2.16. The van der Waals surface area contributed by atoms with E-state index in [0.717, 1.165) is 88.1 Å². The molecule has 0 unspecified atom stereocenters. The lowest BCUT2D eigenvalue weighted by molar-refractivity contribution is 0.669. The summed E-state index contributed by atoms with van der Waals surface area (Å²) in [5.74, 6) is 1.86. The van der Waals surface area contributed by atoms with Crippen LogP contribution in [0.3, 0.4) is 0 Å². The van der Waals surface area contributed by atoms with Crippen LogP contribution in [0, 0.1) is 0 Å². The highest BCUT2D eigenvalue weighted by Gasteiger charge is 2.22. The Bertz CT molecular complexity index is 3250. The molecule has 0 aliphatic heterocycles. The summed E-state index contributed by atoms with van der Waals surface area (Å²) < 4.78 is 6.57. The molecule has 0 spiro atoms. The van der Waals surface area contributed by atoms with Crippen LogP contribution in [0.4, 0.5) is 0 Å². The number of nitrogens with zero attached hydrogens (tertiary/aromatic N) is 4. The van der Waals surface area contributed by atoms with Crippen molar-refractivity contribution in [3.8, 4) is 56.5 Å². The molecular weight excluding hydrogens is 673 g/mol. The van der Waals surface area contributed by atoms with Crippen molar-refractivity contribution in [2.75, 3.05) is 0 Å². The molecule has 11 aromatic rings. The van der Waals surface area contributed by atoms with E-state index in [9.17, 15) is 0 Å². The van der Waals surface area contributed by atoms with E-state index in [-0.39, 0.29) is 0 Å². The molecule has 0 bridgehead atoms. The summed E-state index contributed by atoms with van der Waals surface area (Å²) in [6.07, 6.45) is 0. The Balaban J connectivity index is 1.11. The van der Waals surface area contributed by atoms with Gasteiger partial charge in [0, 0.05) is 54.7 Å². The van der Waals surface area contributed by atoms with Crippen molar-refractivity contribution < 1.29 is 4.42 Å². The first-order chi connectivity index (χ1) is 27.2. The molecule has 0 atom stereocenters. The van der Waals surface area contributed by atoms with Crippen molar-refractivity contribution in [1.82, 2.24) is 19.9 Å². The summed E-state index contributed by atoms with van der Waals surface area (Å²) in [7, 11) is 0. The van der Waals surface area contributed by atoms with Crippen molar-refractivity contribution in [1.29, 1.82) is 0 Å². The van der Waals surface area contributed by atoms with Gasteiger partial charge in [0.15, 0.2) is 17.5 Å². The molecule has 0 amide bonds. The van der Waals surface area contributed by atoms with Crippen LogP contribution >= 0.6 is 0 Å². The van der Waals surface area contributed by atoms with Crippen LogP contribution in [0.15, 0.2) is 186 Å². The quantitative estimate of drug-likeness (QED) is 0.167. The van der Waals surface area contributed by atoms with Crippen LogP contribution in [-0.4, -0.2) is 19.9 Å². The highest BCUT2D eigenvalue weighted by atomic mass is 16.3. The largest absolute Gasteiger partial charge is 0.456 e. The predicted molar refractivity (Wildman–Crippen MR) is 225 cm³/mol. The van der Waals surface area contributed by atoms with Crippen molar-refractivity contribution in [3.63, 3.8) is 0 Å². The Morgan fingerprint density at radius 1 is 0.327 bits per heavy atom. The highest BCUT2D eigenvalue weighted by molar-refractivity contribution is 6.27. The molecule has 8 aromatic carbocycles. The van der Waals surface area contributed by atoms with Gasteiger partial charge in [0.05, 0.1) is 11.2 Å². The number of aromatic nitrogens is 4. The first-order valence-electron chi connectivity index (χ1n) is 18.4. The zero-order valence-electron chi connectivity index (χ0n) is 29.5. The summed E-state index contributed by atoms with van der Waals surface area (Å²) in [4.78, 5) is 20.3. The Labute approximate surface area is 316 Å². The van der Waals surface area contributed by atoms with Gasteiger partial charge in [-0.1, -0.05) is 158 Å². The number of benzene rings is 8. The maximum absolute atomic E-state index is 6.57. The molecule has 0 aliphatic rings. The number of fused-ring (bicyclic) bond motifs is 7. The Hall–Kier alpha value is -7.50. The number of hydrogen-bond acceptors (Lipinski definition) is 5. The summed E-state index contributed by atoms with van der Waals surface area (Å²) in [6, 6.07) is 62.7. The number of para-hydroxylation sites is 2. The summed E-state index contributed by atoms with van der Waals surface area (Å²) >= 11 is 0. The number of rotatable bonds is 5. The predicted octanol–water partition coefficient (Wildman–Crippen LogP) is 13.0. The van der Waals surface area contributed by atoms with Gasteiger partial charge in [0.25, 0.3) is 0 Å². The van der Waals surface area contributed by atoms with Crippen LogP contribution in [0.25, 0.3) is 111 Å². The van der Waals surface area contributed by atoms with Gasteiger partial charge in [-0.3, -0.25) is 0 Å². The zero-order valence-corrected chi connectivity index (χ0v) is 29.5. The van der Waals surface area contributed by atoms with Crippen molar-refractivity contribution in [2.24, 2.45) is 0 Å². The smallest absolute Gasteiger partial charge is 0.164 e. The molecule has 0 aliphatic carbocycles. The Kier molecular flexibility index (Phi) is 7.10. The van der Waals surface area contributed by atoms with Gasteiger partial charge < -0.3 is 4.42 Å². The van der Waals surface area contributed by atoms with Crippen LogP contribution in [0.1, 0.15) is 0 Å². The van der Waals surface area contributed by atoms with E-state index in [0.29, 0.717) is 17.5 Å². The minimum Gasteiger partial charge on any atom is -0.456 e. The maximum atomic E-state index is 6.57. The molecule has 5 heteroatoms. The molecule has 5 nitrogen and oxygen atoms in total. The summed E-state index contributed by atoms with van der Waals surface area (Å²) in [6.45, 7) is 0. The third-order valence-electron chi connectivity index (χ3n) is 10.5. The Morgan fingerprint density at radius 3 is 1.65 bits per heavy atom. The Morgan fingerprint density at radius 2 is 0.891 bits per heavy atom. The van der Waals surface area contributed by atoms with Gasteiger partial charge in [-0.25, -0.2) is 19.9 Å². The van der Waals surface area contributed by atoms with Gasteiger partial charge in [0.1, 0.15) is 11.2 Å².